The van der Waals surface area contributed by atoms with E-state index >= 15 is 0 Å². The molecule has 0 saturated heterocycles. The minimum atomic E-state index is -0.235. The molecule has 1 aliphatic rings. The molecular weight excluding hydrogens is 264 g/mol. The van der Waals surface area contributed by atoms with Crippen LogP contribution in [0.5, 0.6) is 0 Å². The average molecular weight is 286 g/mol. The molecule has 1 aromatic carbocycles. The monoisotopic (exact) mass is 286 g/mol. The molecule has 1 aromatic rings. The van der Waals surface area contributed by atoms with Gasteiger partial charge in [0.05, 0.1) is 11.3 Å². The minimum absolute atomic E-state index is 0.0459. The van der Waals surface area contributed by atoms with Crippen molar-refractivity contribution < 1.29 is 9.59 Å². The third-order valence-corrected chi connectivity index (χ3v) is 3.83. The Bertz CT molecular complexity index is 677. The maximum absolute atomic E-state index is 12.0. The maximum atomic E-state index is 12.0. The lowest BCUT2D eigenvalue weighted by Gasteiger charge is -2.13. The lowest BCUT2D eigenvalue weighted by molar-refractivity contribution is -0.122. The number of nitrogens with zero attached hydrogens (tertiary/aromatic N) is 1. The highest BCUT2D eigenvalue weighted by Crippen LogP contribution is 2.10. The summed E-state index contributed by atoms with van der Waals surface area (Å²) in [6, 6.07) is 4.03. The van der Waals surface area contributed by atoms with Crippen molar-refractivity contribution in [1.29, 1.82) is 0 Å². The number of rotatable bonds is 5. The highest BCUT2D eigenvalue weighted by atomic mass is 16.2. The van der Waals surface area contributed by atoms with Crippen molar-refractivity contribution in [3.63, 3.8) is 0 Å². The fourth-order valence-corrected chi connectivity index (χ4v) is 2.43. The van der Waals surface area contributed by atoms with E-state index in [2.05, 4.69) is 23.3 Å². The van der Waals surface area contributed by atoms with E-state index in [0.29, 0.717) is 19.4 Å². The van der Waals surface area contributed by atoms with Crippen molar-refractivity contribution in [3.8, 4) is 0 Å². The average Bonchev–Trinajstić information content (AvgIpc) is 2.42. The summed E-state index contributed by atoms with van der Waals surface area (Å²) >= 11 is 0. The number of hydrogen-bond acceptors (Lipinski definition) is 2. The smallest absolute Gasteiger partial charge is 0.253 e. The van der Waals surface area contributed by atoms with Crippen LogP contribution in [0.4, 0.5) is 0 Å². The van der Waals surface area contributed by atoms with Crippen molar-refractivity contribution in [1.82, 2.24) is 5.32 Å². The first-order valence-corrected chi connectivity index (χ1v) is 7.49. The Kier molecular flexibility index (Phi) is 4.89. The van der Waals surface area contributed by atoms with E-state index in [0.717, 1.165) is 22.6 Å². The fourth-order valence-electron chi connectivity index (χ4n) is 2.43. The summed E-state index contributed by atoms with van der Waals surface area (Å²) in [6.45, 7) is 6.56. The van der Waals surface area contributed by atoms with Crippen molar-refractivity contribution in [2.24, 2.45) is 10.9 Å². The quantitative estimate of drug-likeness (QED) is 0.883. The van der Waals surface area contributed by atoms with Crippen LogP contribution in [-0.4, -0.2) is 18.4 Å². The topological polar surface area (TPSA) is 58.5 Å². The van der Waals surface area contributed by atoms with Gasteiger partial charge in [-0.3, -0.25) is 9.59 Å². The highest BCUT2D eigenvalue weighted by Gasteiger charge is 2.18. The molecular formula is C17H22N2O2. The molecule has 2 amide bonds. The summed E-state index contributed by atoms with van der Waals surface area (Å²) in [4.78, 5) is 27.6. The van der Waals surface area contributed by atoms with Gasteiger partial charge in [-0.15, -0.1) is 0 Å². The Morgan fingerprint density at radius 3 is 2.71 bits per heavy atom. The second-order valence-corrected chi connectivity index (χ2v) is 5.61. The third-order valence-electron chi connectivity index (χ3n) is 3.83. The van der Waals surface area contributed by atoms with Gasteiger partial charge in [-0.2, -0.15) is 0 Å². The van der Waals surface area contributed by atoms with Crippen LogP contribution < -0.4 is 15.9 Å². The number of hydrogen-bond donors (Lipinski definition) is 1. The highest BCUT2D eigenvalue weighted by molar-refractivity contribution is 5.86. The summed E-state index contributed by atoms with van der Waals surface area (Å²) in [5, 5.41) is 4.62. The molecule has 0 aromatic heterocycles. The number of carbonyl (C=O) groups is 2. The largest absolute Gasteiger partial charge is 0.356 e. The first-order valence-electron chi connectivity index (χ1n) is 7.49. The number of aryl methyl sites for hydroxylation is 2. The molecule has 1 aliphatic heterocycles. The van der Waals surface area contributed by atoms with E-state index < -0.39 is 0 Å². The molecule has 0 aliphatic carbocycles. The van der Waals surface area contributed by atoms with Gasteiger partial charge in [-0.1, -0.05) is 13.0 Å². The molecule has 1 unspecified atom stereocenters. The molecule has 1 N–H and O–H groups in total. The van der Waals surface area contributed by atoms with Crippen LogP contribution in [0, 0.1) is 19.8 Å². The van der Waals surface area contributed by atoms with Gasteiger partial charge in [0.1, 0.15) is 0 Å². The van der Waals surface area contributed by atoms with Gasteiger partial charge in [0, 0.05) is 13.0 Å². The first-order chi connectivity index (χ1) is 10.0. The number of amides is 2. The standard InChI is InChI=1S/C17H22N2O2/c1-4-5-16(20)18-7-6-13-10-14-8-11(2)12(3)9-15(14)19-17(13)21/h8-10,13H,4-7H2,1-3H3,(H,18,20). The lowest BCUT2D eigenvalue weighted by atomic mass is 9.98. The summed E-state index contributed by atoms with van der Waals surface area (Å²) in [5.41, 5.74) is 2.34. The Hall–Kier alpha value is -1.97. The lowest BCUT2D eigenvalue weighted by Crippen LogP contribution is -2.35. The molecule has 0 spiro atoms. The summed E-state index contributed by atoms with van der Waals surface area (Å²) < 4.78 is 0. The second kappa shape index (κ2) is 6.66. The predicted octanol–water partition coefficient (Wildman–Crippen LogP) is 1.17. The molecule has 21 heavy (non-hydrogen) atoms. The Labute approximate surface area is 125 Å². The summed E-state index contributed by atoms with van der Waals surface area (Å²) in [7, 11) is 0. The van der Waals surface area contributed by atoms with Crippen LogP contribution in [0.1, 0.15) is 37.3 Å². The van der Waals surface area contributed by atoms with Crippen molar-refractivity contribution in [3.05, 3.63) is 33.8 Å². The second-order valence-electron chi connectivity index (χ2n) is 5.61. The Morgan fingerprint density at radius 2 is 2.00 bits per heavy atom. The first kappa shape index (κ1) is 15.4. The minimum Gasteiger partial charge on any atom is -0.356 e. The predicted molar refractivity (Wildman–Crippen MR) is 82.2 cm³/mol. The summed E-state index contributed by atoms with van der Waals surface area (Å²) in [6.07, 6.45) is 3.95. The van der Waals surface area contributed by atoms with Crippen LogP contribution in [-0.2, 0) is 9.59 Å². The van der Waals surface area contributed by atoms with Crippen LogP contribution >= 0.6 is 0 Å². The molecule has 4 nitrogen and oxygen atoms in total. The van der Waals surface area contributed by atoms with Gasteiger partial charge in [-0.05, 0) is 55.2 Å². The van der Waals surface area contributed by atoms with E-state index in [1.54, 1.807) is 0 Å². The zero-order valence-electron chi connectivity index (χ0n) is 12.9. The zero-order valence-corrected chi connectivity index (χ0v) is 12.9. The number of benzene rings is 1. The van der Waals surface area contributed by atoms with E-state index in [1.807, 2.05) is 26.0 Å². The van der Waals surface area contributed by atoms with Gasteiger partial charge in [-0.25, -0.2) is 4.99 Å². The van der Waals surface area contributed by atoms with Gasteiger partial charge < -0.3 is 5.32 Å². The zero-order chi connectivity index (χ0) is 15.4. The number of nitrogens with one attached hydrogen (secondary N) is 1. The molecule has 2 rings (SSSR count). The SMILES string of the molecule is CCCC(=O)NCCC1C=c2cc(C)c(C)cc2=NC1=O. The van der Waals surface area contributed by atoms with Crippen LogP contribution in [0.25, 0.3) is 6.08 Å². The molecule has 4 heteroatoms. The van der Waals surface area contributed by atoms with Crippen molar-refractivity contribution >= 4 is 17.9 Å². The van der Waals surface area contributed by atoms with E-state index in [-0.39, 0.29) is 17.7 Å². The van der Waals surface area contributed by atoms with E-state index in [1.165, 1.54) is 5.56 Å². The molecule has 0 fully saturated rings. The van der Waals surface area contributed by atoms with Crippen molar-refractivity contribution in [2.45, 2.75) is 40.0 Å². The number of carbonyl (C=O) groups excluding carboxylic acids is 2. The van der Waals surface area contributed by atoms with Gasteiger partial charge >= 0.3 is 0 Å². The third kappa shape index (κ3) is 3.78. The summed E-state index contributed by atoms with van der Waals surface area (Å²) in [5.74, 6) is -0.304. The van der Waals surface area contributed by atoms with Gasteiger partial charge in [0.15, 0.2) is 0 Å². The molecule has 112 valence electrons. The molecule has 1 heterocycles. The van der Waals surface area contributed by atoms with Crippen LogP contribution in [0.2, 0.25) is 0 Å². The Morgan fingerprint density at radius 1 is 1.29 bits per heavy atom. The normalized spacial score (nSPS) is 16.7. The van der Waals surface area contributed by atoms with Crippen molar-refractivity contribution in [2.75, 3.05) is 6.54 Å². The van der Waals surface area contributed by atoms with Gasteiger partial charge in [0.2, 0.25) is 5.91 Å². The molecule has 0 radical (unpaired) electrons. The van der Waals surface area contributed by atoms with Gasteiger partial charge in [0.25, 0.3) is 5.91 Å². The molecule has 0 bridgehead atoms. The van der Waals surface area contributed by atoms with Crippen LogP contribution in [0.15, 0.2) is 17.1 Å². The molecule has 1 atom stereocenters. The fraction of sp³-hybridized carbons (Fsp3) is 0.471. The van der Waals surface area contributed by atoms with E-state index in [4.69, 9.17) is 0 Å². The molecule has 0 saturated carbocycles. The Balaban J connectivity index is 2.09. The van der Waals surface area contributed by atoms with E-state index in [9.17, 15) is 9.59 Å². The van der Waals surface area contributed by atoms with Crippen LogP contribution in [0.3, 0.4) is 0 Å². The number of fused-ring (bicyclic) bond motifs is 1. The maximum Gasteiger partial charge on any atom is 0.253 e.